The fourth-order valence-corrected chi connectivity index (χ4v) is 4.72. The molecule has 4 aliphatic rings. The number of piperidine rings is 1. The summed E-state index contributed by atoms with van der Waals surface area (Å²) in [6.07, 6.45) is 13.3. The number of rotatable bonds is 5. The van der Waals surface area contributed by atoms with Gasteiger partial charge in [0, 0.05) is 38.8 Å². The molecule has 2 heterocycles. The van der Waals surface area contributed by atoms with Crippen LogP contribution in [0.25, 0.3) is 0 Å². The Morgan fingerprint density at radius 2 is 1.60 bits per heavy atom. The highest BCUT2D eigenvalue weighted by atomic mass is 16.5. The Kier molecular flexibility index (Phi) is 5.81. The van der Waals surface area contributed by atoms with Crippen LogP contribution in [0, 0.1) is 5.92 Å². The minimum Gasteiger partial charge on any atom is -0.375 e. The fourth-order valence-electron chi connectivity index (χ4n) is 4.72. The third kappa shape index (κ3) is 5.10. The van der Waals surface area contributed by atoms with E-state index >= 15 is 0 Å². The van der Waals surface area contributed by atoms with Crippen LogP contribution in [0.15, 0.2) is 0 Å². The molecule has 1 N–H and O–H groups in total. The standard InChI is InChI=1S/C20H35N3O2/c24-20(21-17-8-11-22(15-17)14-16-6-7-16)23-12-9-19(10-13-23)25-18-4-2-1-3-5-18/h16-19H,1-15H2,(H,21,24)/t17-/m1/s1. The van der Waals surface area contributed by atoms with E-state index in [0.29, 0.717) is 18.2 Å². The monoisotopic (exact) mass is 349 g/mol. The van der Waals surface area contributed by atoms with Crippen molar-refractivity contribution < 1.29 is 9.53 Å². The van der Waals surface area contributed by atoms with Crippen molar-refractivity contribution >= 4 is 6.03 Å². The molecule has 0 bridgehead atoms. The molecule has 0 spiro atoms. The number of urea groups is 1. The van der Waals surface area contributed by atoms with Crippen LogP contribution in [0.3, 0.4) is 0 Å². The lowest BCUT2D eigenvalue weighted by molar-refractivity contribution is -0.0515. The topological polar surface area (TPSA) is 44.8 Å². The third-order valence-electron chi connectivity index (χ3n) is 6.48. The van der Waals surface area contributed by atoms with E-state index in [9.17, 15) is 4.79 Å². The second-order valence-corrected chi connectivity index (χ2v) is 8.72. The number of amides is 2. The highest BCUT2D eigenvalue weighted by molar-refractivity contribution is 5.74. The lowest BCUT2D eigenvalue weighted by Crippen LogP contribution is -2.49. The molecule has 0 unspecified atom stereocenters. The molecule has 0 radical (unpaired) electrons. The number of ether oxygens (including phenoxy) is 1. The molecular formula is C20H35N3O2. The van der Waals surface area contributed by atoms with Crippen molar-refractivity contribution in [3.63, 3.8) is 0 Å². The van der Waals surface area contributed by atoms with Gasteiger partial charge in [0.2, 0.25) is 0 Å². The van der Waals surface area contributed by atoms with E-state index in [1.54, 1.807) is 0 Å². The van der Waals surface area contributed by atoms with E-state index in [-0.39, 0.29) is 6.03 Å². The van der Waals surface area contributed by atoms with Gasteiger partial charge >= 0.3 is 6.03 Å². The first-order valence-corrected chi connectivity index (χ1v) is 10.7. The molecule has 5 nitrogen and oxygen atoms in total. The van der Waals surface area contributed by atoms with Crippen molar-refractivity contribution in [3.05, 3.63) is 0 Å². The minimum atomic E-state index is 0.148. The zero-order valence-corrected chi connectivity index (χ0v) is 15.6. The Morgan fingerprint density at radius 3 is 2.32 bits per heavy atom. The smallest absolute Gasteiger partial charge is 0.317 e. The van der Waals surface area contributed by atoms with Crippen molar-refractivity contribution in [2.45, 2.75) is 82.5 Å². The molecule has 0 aromatic rings. The van der Waals surface area contributed by atoms with Gasteiger partial charge in [0.15, 0.2) is 0 Å². The zero-order valence-electron chi connectivity index (χ0n) is 15.6. The zero-order chi connectivity index (χ0) is 17.1. The van der Waals surface area contributed by atoms with Gasteiger partial charge in [0.05, 0.1) is 12.2 Å². The largest absolute Gasteiger partial charge is 0.375 e. The third-order valence-corrected chi connectivity index (χ3v) is 6.48. The molecule has 4 fully saturated rings. The van der Waals surface area contributed by atoms with Crippen LogP contribution < -0.4 is 5.32 Å². The highest BCUT2D eigenvalue weighted by Crippen LogP contribution is 2.30. The minimum absolute atomic E-state index is 0.148. The molecule has 25 heavy (non-hydrogen) atoms. The first kappa shape index (κ1) is 17.6. The number of nitrogens with zero attached hydrogens (tertiary/aromatic N) is 2. The second-order valence-electron chi connectivity index (χ2n) is 8.72. The summed E-state index contributed by atoms with van der Waals surface area (Å²) < 4.78 is 6.29. The lowest BCUT2D eigenvalue weighted by Gasteiger charge is -2.35. The number of likely N-dealkylation sites (tertiary alicyclic amines) is 2. The summed E-state index contributed by atoms with van der Waals surface area (Å²) in [5.74, 6) is 0.942. The predicted molar refractivity (Wildman–Crippen MR) is 98.7 cm³/mol. The van der Waals surface area contributed by atoms with Gasteiger partial charge in [-0.05, 0) is 50.9 Å². The molecule has 4 rings (SSSR count). The van der Waals surface area contributed by atoms with Crippen molar-refractivity contribution in [2.75, 3.05) is 32.7 Å². The average molecular weight is 350 g/mol. The summed E-state index contributed by atoms with van der Waals surface area (Å²) in [5, 5.41) is 3.27. The lowest BCUT2D eigenvalue weighted by atomic mass is 9.97. The Hall–Kier alpha value is -0.810. The Bertz CT molecular complexity index is 440. The maximum absolute atomic E-state index is 12.5. The van der Waals surface area contributed by atoms with E-state index < -0.39 is 0 Å². The summed E-state index contributed by atoms with van der Waals surface area (Å²) in [4.78, 5) is 17.1. The molecule has 2 saturated heterocycles. The SMILES string of the molecule is O=C(N[C@@H]1CCN(CC2CC2)C1)N1CCC(OC2CCCCC2)CC1. The summed E-state index contributed by atoms with van der Waals surface area (Å²) in [7, 11) is 0. The van der Waals surface area contributed by atoms with Crippen LogP contribution in [0.4, 0.5) is 4.79 Å². The summed E-state index contributed by atoms with van der Waals surface area (Å²) >= 11 is 0. The highest BCUT2D eigenvalue weighted by Gasteiger charge is 2.31. The molecule has 2 aliphatic heterocycles. The normalized spacial score (nSPS) is 29.9. The van der Waals surface area contributed by atoms with Crippen molar-refractivity contribution in [3.8, 4) is 0 Å². The molecule has 142 valence electrons. The number of hydrogen-bond donors (Lipinski definition) is 1. The fraction of sp³-hybridized carbons (Fsp3) is 0.950. The molecule has 5 heteroatoms. The Morgan fingerprint density at radius 1 is 0.880 bits per heavy atom. The van der Waals surface area contributed by atoms with Crippen molar-refractivity contribution in [1.29, 1.82) is 0 Å². The van der Waals surface area contributed by atoms with Gasteiger partial charge in [0.25, 0.3) is 0 Å². The van der Waals surface area contributed by atoms with Crippen LogP contribution in [-0.2, 0) is 4.74 Å². The van der Waals surface area contributed by atoms with Crippen molar-refractivity contribution in [1.82, 2.24) is 15.1 Å². The van der Waals surface area contributed by atoms with Gasteiger partial charge < -0.3 is 19.9 Å². The van der Waals surface area contributed by atoms with E-state index in [4.69, 9.17) is 4.74 Å². The maximum Gasteiger partial charge on any atom is 0.317 e. The molecule has 2 aliphatic carbocycles. The van der Waals surface area contributed by atoms with Gasteiger partial charge in [0.1, 0.15) is 0 Å². The summed E-state index contributed by atoms with van der Waals surface area (Å²) in [6, 6.07) is 0.497. The summed E-state index contributed by atoms with van der Waals surface area (Å²) in [6.45, 7) is 5.14. The molecular weight excluding hydrogens is 314 g/mol. The van der Waals surface area contributed by atoms with Crippen LogP contribution in [0.5, 0.6) is 0 Å². The molecule has 0 aromatic heterocycles. The summed E-state index contributed by atoms with van der Waals surface area (Å²) in [5.41, 5.74) is 0. The first-order chi connectivity index (χ1) is 12.3. The van der Waals surface area contributed by atoms with E-state index in [1.165, 1.54) is 51.5 Å². The van der Waals surface area contributed by atoms with Crippen LogP contribution in [0.1, 0.15) is 64.2 Å². The van der Waals surface area contributed by atoms with Crippen LogP contribution in [-0.4, -0.2) is 66.8 Å². The van der Waals surface area contributed by atoms with Gasteiger partial charge in [-0.3, -0.25) is 0 Å². The van der Waals surface area contributed by atoms with Gasteiger partial charge in [-0.2, -0.15) is 0 Å². The molecule has 1 atom stereocenters. The van der Waals surface area contributed by atoms with Gasteiger partial charge in [-0.15, -0.1) is 0 Å². The van der Waals surface area contributed by atoms with E-state index in [0.717, 1.165) is 51.4 Å². The number of hydrogen-bond acceptors (Lipinski definition) is 3. The Balaban J connectivity index is 1.14. The quantitative estimate of drug-likeness (QED) is 0.830. The molecule has 2 saturated carbocycles. The van der Waals surface area contributed by atoms with E-state index in [1.807, 2.05) is 4.90 Å². The van der Waals surface area contributed by atoms with Gasteiger partial charge in [-0.1, -0.05) is 19.3 Å². The first-order valence-electron chi connectivity index (χ1n) is 10.7. The number of carbonyl (C=O) groups excluding carboxylic acids is 1. The predicted octanol–water partition coefficient (Wildman–Crippen LogP) is 2.99. The molecule has 0 aromatic carbocycles. The number of nitrogens with one attached hydrogen (secondary N) is 1. The second kappa shape index (κ2) is 8.26. The maximum atomic E-state index is 12.5. The van der Waals surface area contributed by atoms with E-state index in [2.05, 4.69) is 10.2 Å². The van der Waals surface area contributed by atoms with Gasteiger partial charge in [-0.25, -0.2) is 4.79 Å². The van der Waals surface area contributed by atoms with Crippen molar-refractivity contribution in [2.24, 2.45) is 5.92 Å². The molecule has 2 amide bonds. The number of carbonyl (C=O) groups is 1. The van der Waals surface area contributed by atoms with Crippen LogP contribution in [0.2, 0.25) is 0 Å². The average Bonchev–Trinajstić information content (AvgIpc) is 3.34. The van der Waals surface area contributed by atoms with Crippen LogP contribution >= 0.6 is 0 Å². The Labute approximate surface area is 152 Å².